The molecule has 106 valence electrons. The number of carbonyl (C=O) groups is 1. The van der Waals surface area contributed by atoms with Gasteiger partial charge in [0.2, 0.25) is 0 Å². The number of thiazole rings is 1. The Labute approximate surface area is 126 Å². The van der Waals surface area contributed by atoms with Crippen molar-refractivity contribution in [1.29, 1.82) is 0 Å². The number of nitrogens with zero attached hydrogens (tertiary/aromatic N) is 3. The van der Waals surface area contributed by atoms with Gasteiger partial charge in [0, 0.05) is 23.7 Å². The Morgan fingerprint density at radius 3 is 2.71 bits per heavy atom. The Hall–Kier alpha value is -2.47. The molecule has 2 heterocycles. The third-order valence-electron chi connectivity index (χ3n) is 3.02. The molecular weight excluding hydrogens is 284 g/mol. The van der Waals surface area contributed by atoms with Crippen molar-refractivity contribution in [3.8, 4) is 11.3 Å². The first-order valence-corrected chi connectivity index (χ1v) is 7.28. The molecule has 0 aliphatic rings. The van der Waals surface area contributed by atoms with Gasteiger partial charge in [-0.05, 0) is 13.0 Å². The molecule has 1 aromatic carbocycles. The first-order chi connectivity index (χ1) is 10.1. The van der Waals surface area contributed by atoms with Gasteiger partial charge in [0.1, 0.15) is 5.69 Å². The summed E-state index contributed by atoms with van der Waals surface area (Å²) < 4.78 is 1.58. The Morgan fingerprint density at radius 2 is 2.05 bits per heavy atom. The molecule has 0 bridgehead atoms. The highest BCUT2D eigenvalue weighted by Gasteiger charge is 2.15. The van der Waals surface area contributed by atoms with Crippen molar-refractivity contribution in [2.24, 2.45) is 7.05 Å². The molecule has 1 amide bonds. The zero-order valence-corrected chi connectivity index (χ0v) is 12.5. The molecule has 0 saturated carbocycles. The minimum atomic E-state index is -0.207. The predicted octanol–water partition coefficient (Wildman–Crippen LogP) is 3.10. The van der Waals surface area contributed by atoms with Gasteiger partial charge in [-0.2, -0.15) is 5.10 Å². The van der Waals surface area contributed by atoms with Crippen LogP contribution in [0.1, 0.15) is 15.4 Å². The van der Waals surface area contributed by atoms with Crippen molar-refractivity contribution in [1.82, 2.24) is 14.8 Å². The number of rotatable bonds is 3. The van der Waals surface area contributed by atoms with E-state index in [4.69, 9.17) is 0 Å². The summed E-state index contributed by atoms with van der Waals surface area (Å²) in [5.74, 6) is -0.207. The van der Waals surface area contributed by atoms with Crippen LogP contribution in [-0.4, -0.2) is 20.7 Å². The van der Waals surface area contributed by atoms with E-state index in [0.717, 1.165) is 16.1 Å². The number of aryl methyl sites for hydroxylation is 2. The summed E-state index contributed by atoms with van der Waals surface area (Å²) in [5.41, 5.74) is 2.26. The average Bonchev–Trinajstić information content (AvgIpc) is 3.06. The molecule has 0 unspecified atom stereocenters. The number of aromatic nitrogens is 3. The second kappa shape index (κ2) is 5.49. The van der Waals surface area contributed by atoms with E-state index in [1.807, 2.05) is 37.3 Å². The third-order valence-corrected chi connectivity index (χ3v) is 3.85. The molecule has 0 radical (unpaired) electrons. The molecule has 3 aromatic rings. The van der Waals surface area contributed by atoms with Crippen LogP contribution in [0.25, 0.3) is 11.3 Å². The first kappa shape index (κ1) is 13.5. The maximum atomic E-state index is 12.3. The normalized spacial score (nSPS) is 10.6. The van der Waals surface area contributed by atoms with Crippen molar-refractivity contribution in [2.45, 2.75) is 6.92 Å². The lowest BCUT2D eigenvalue weighted by atomic mass is 10.1. The molecule has 1 N–H and O–H groups in total. The van der Waals surface area contributed by atoms with E-state index in [1.165, 1.54) is 11.3 Å². The highest BCUT2D eigenvalue weighted by atomic mass is 32.1. The van der Waals surface area contributed by atoms with Gasteiger partial charge >= 0.3 is 0 Å². The number of amides is 1. The van der Waals surface area contributed by atoms with Gasteiger partial charge in [-0.3, -0.25) is 14.8 Å². The van der Waals surface area contributed by atoms with Crippen LogP contribution in [0.15, 0.2) is 42.6 Å². The summed E-state index contributed by atoms with van der Waals surface area (Å²) in [6, 6.07) is 11.6. The van der Waals surface area contributed by atoms with E-state index in [0.29, 0.717) is 10.8 Å². The van der Waals surface area contributed by atoms with Gasteiger partial charge < -0.3 is 0 Å². The van der Waals surface area contributed by atoms with Gasteiger partial charge in [0.15, 0.2) is 5.13 Å². The fourth-order valence-corrected chi connectivity index (χ4v) is 2.66. The van der Waals surface area contributed by atoms with Crippen molar-refractivity contribution in [3.63, 3.8) is 0 Å². The standard InChI is InChI=1S/C15H14N4OS/c1-10-9-16-15(21-10)17-14(20)13-8-12(18-19(13)2)11-6-4-3-5-7-11/h3-9H,1-2H3,(H,16,17,20). The number of carbonyl (C=O) groups excluding carboxylic acids is 1. The van der Waals surface area contributed by atoms with Crippen molar-refractivity contribution in [2.75, 3.05) is 5.32 Å². The summed E-state index contributed by atoms with van der Waals surface area (Å²) in [5, 5.41) is 7.78. The molecule has 3 rings (SSSR count). The fourth-order valence-electron chi connectivity index (χ4n) is 2.00. The van der Waals surface area contributed by atoms with E-state index >= 15 is 0 Å². The van der Waals surface area contributed by atoms with E-state index in [1.54, 1.807) is 24.0 Å². The summed E-state index contributed by atoms with van der Waals surface area (Å²) in [4.78, 5) is 17.5. The van der Waals surface area contributed by atoms with Crippen LogP contribution in [-0.2, 0) is 7.05 Å². The second-order valence-electron chi connectivity index (χ2n) is 4.63. The SMILES string of the molecule is Cc1cnc(NC(=O)c2cc(-c3ccccc3)nn2C)s1. The van der Waals surface area contributed by atoms with E-state index < -0.39 is 0 Å². The van der Waals surface area contributed by atoms with Gasteiger partial charge in [-0.1, -0.05) is 30.3 Å². The molecule has 6 heteroatoms. The zero-order chi connectivity index (χ0) is 14.8. The van der Waals surface area contributed by atoms with Crippen molar-refractivity contribution in [3.05, 3.63) is 53.2 Å². The topological polar surface area (TPSA) is 59.8 Å². The molecular formula is C15H14N4OS. The summed E-state index contributed by atoms with van der Waals surface area (Å²) in [6.07, 6.45) is 1.74. The number of benzene rings is 1. The minimum Gasteiger partial charge on any atom is -0.296 e. The molecule has 0 fully saturated rings. The monoisotopic (exact) mass is 298 g/mol. The molecule has 0 atom stereocenters. The maximum Gasteiger partial charge on any atom is 0.275 e. The largest absolute Gasteiger partial charge is 0.296 e. The van der Waals surface area contributed by atoms with Gasteiger partial charge in [-0.25, -0.2) is 4.98 Å². The fraction of sp³-hybridized carbons (Fsp3) is 0.133. The zero-order valence-electron chi connectivity index (χ0n) is 11.7. The first-order valence-electron chi connectivity index (χ1n) is 6.47. The Kier molecular flexibility index (Phi) is 3.53. The minimum absolute atomic E-state index is 0.207. The maximum absolute atomic E-state index is 12.3. The van der Waals surface area contributed by atoms with E-state index in [2.05, 4.69) is 15.4 Å². The highest BCUT2D eigenvalue weighted by molar-refractivity contribution is 7.15. The Balaban J connectivity index is 1.86. The van der Waals surface area contributed by atoms with Crippen molar-refractivity contribution < 1.29 is 4.79 Å². The quantitative estimate of drug-likeness (QED) is 0.808. The molecule has 0 aliphatic heterocycles. The molecule has 0 spiro atoms. The average molecular weight is 298 g/mol. The summed E-state index contributed by atoms with van der Waals surface area (Å²) in [7, 11) is 1.76. The Bertz CT molecular complexity index is 776. The van der Waals surface area contributed by atoms with Crippen LogP contribution in [0.4, 0.5) is 5.13 Å². The van der Waals surface area contributed by atoms with Gasteiger partial charge in [-0.15, -0.1) is 11.3 Å². The summed E-state index contributed by atoms with van der Waals surface area (Å²) in [6.45, 7) is 1.95. The lowest BCUT2D eigenvalue weighted by Gasteiger charge is -2.00. The number of anilines is 1. The van der Waals surface area contributed by atoms with Crippen LogP contribution in [0.3, 0.4) is 0 Å². The predicted molar refractivity (Wildman–Crippen MR) is 83.4 cm³/mol. The van der Waals surface area contributed by atoms with Crippen molar-refractivity contribution >= 4 is 22.4 Å². The smallest absolute Gasteiger partial charge is 0.275 e. The number of nitrogens with one attached hydrogen (secondary N) is 1. The molecule has 0 aliphatic carbocycles. The van der Waals surface area contributed by atoms with Crippen LogP contribution in [0.5, 0.6) is 0 Å². The lowest BCUT2D eigenvalue weighted by molar-refractivity contribution is 0.101. The lowest BCUT2D eigenvalue weighted by Crippen LogP contribution is -2.15. The van der Waals surface area contributed by atoms with Crippen LogP contribution >= 0.6 is 11.3 Å². The molecule has 5 nitrogen and oxygen atoms in total. The number of hydrogen-bond donors (Lipinski definition) is 1. The molecule has 21 heavy (non-hydrogen) atoms. The summed E-state index contributed by atoms with van der Waals surface area (Å²) >= 11 is 1.45. The number of hydrogen-bond acceptors (Lipinski definition) is 4. The molecule has 2 aromatic heterocycles. The van der Waals surface area contributed by atoms with Gasteiger partial charge in [0.05, 0.1) is 5.69 Å². The van der Waals surface area contributed by atoms with Gasteiger partial charge in [0.25, 0.3) is 5.91 Å². The van der Waals surface area contributed by atoms with E-state index in [9.17, 15) is 4.79 Å². The van der Waals surface area contributed by atoms with E-state index in [-0.39, 0.29) is 5.91 Å². The third kappa shape index (κ3) is 2.85. The highest BCUT2D eigenvalue weighted by Crippen LogP contribution is 2.20. The van der Waals surface area contributed by atoms with Crippen LogP contribution in [0, 0.1) is 6.92 Å². The second-order valence-corrected chi connectivity index (χ2v) is 5.87. The molecule has 0 saturated heterocycles. The Morgan fingerprint density at radius 1 is 1.29 bits per heavy atom. The van der Waals surface area contributed by atoms with Crippen LogP contribution < -0.4 is 5.32 Å². The van der Waals surface area contributed by atoms with Crippen LogP contribution in [0.2, 0.25) is 0 Å².